The lowest BCUT2D eigenvalue weighted by molar-refractivity contribution is 0.141. The molecule has 0 amide bonds. The molecular formula is C19H33NO. The van der Waals surface area contributed by atoms with E-state index in [0.717, 1.165) is 32.6 Å². The summed E-state index contributed by atoms with van der Waals surface area (Å²) in [5.74, 6) is 0. The van der Waals surface area contributed by atoms with Crippen molar-refractivity contribution in [3.8, 4) is 0 Å². The van der Waals surface area contributed by atoms with E-state index in [1.54, 1.807) is 0 Å². The van der Waals surface area contributed by atoms with Crippen molar-refractivity contribution in [2.45, 2.75) is 65.3 Å². The average Bonchev–Trinajstić information content (AvgIpc) is 2.43. The van der Waals surface area contributed by atoms with Gasteiger partial charge in [0.05, 0.1) is 0 Å². The first-order chi connectivity index (χ1) is 9.97. The Bertz CT molecular complexity index is 378. The van der Waals surface area contributed by atoms with E-state index in [2.05, 4.69) is 64.2 Å². The molecule has 1 aromatic carbocycles. The van der Waals surface area contributed by atoms with Crippen LogP contribution in [0.2, 0.25) is 0 Å². The number of ether oxygens (including phenoxy) is 1. The Kier molecular flexibility index (Phi) is 7.98. The molecule has 0 fully saturated rings. The van der Waals surface area contributed by atoms with Gasteiger partial charge in [0.2, 0.25) is 0 Å². The molecule has 1 N–H and O–H groups in total. The summed E-state index contributed by atoms with van der Waals surface area (Å²) in [6, 6.07) is 9.67. The van der Waals surface area contributed by atoms with Crippen LogP contribution in [0.5, 0.6) is 0 Å². The minimum absolute atomic E-state index is 0.233. The molecule has 0 radical (unpaired) electrons. The van der Waals surface area contributed by atoms with Crippen molar-refractivity contribution in [2.24, 2.45) is 0 Å². The predicted octanol–water partition coefficient (Wildman–Crippen LogP) is 4.32. The number of rotatable bonds is 9. The van der Waals surface area contributed by atoms with E-state index in [1.807, 2.05) is 0 Å². The largest absolute Gasteiger partial charge is 0.382 e. The van der Waals surface area contributed by atoms with Crippen molar-refractivity contribution in [1.82, 2.24) is 5.32 Å². The third kappa shape index (κ3) is 7.10. The zero-order valence-electron chi connectivity index (χ0n) is 14.5. The minimum Gasteiger partial charge on any atom is -0.382 e. The number of nitrogens with one attached hydrogen (secondary N) is 1. The number of likely N-dealkylation sites (N-methyl/N-ethyl adjacent to an activating group) is 1. The van der Waals surface area contributed by atoms with Crippen LogP contribution >= 0.6 is 0 Å². The summed E-state index contributed by atoms with van der Waals surface area (Å²) in [4.78, 5) is 0. The van der Waals surface area contributed by atoms with Gasteiger partial charge in [0, 0.05) is 19.3 Å². The lowest BCUT2D eigenvalue weighted by Crippen LogP contribution is -2.31. The highest BCUT2D eigenvalue weighted by Crippen LogP contribution is 2.22. The van der Waals surface area contributed by atoms with Gasteiger partial charge in [-0.25, -0.2) is 0 Å². The number of benzene rings is 1. The molecule has 1 atom stereocenters. The number of hydrogen-bond donors (Lipinski definition) is 1. The zero-order valence-corrected chi connectivity index (χ0v) is 14.5. The first kappa shape index (κ1) is 18.2. The average molecular weight is 291 g/mol. The van der Waals surface area contributed by atoms with Crippen LogP contribution in [0.25, 0.3) is 0 Å². The fourth-order valence-electron chi connectivity index (χ4n) is 2.57. The van der Waals surface area contributed by atoms with E-state index >= 15 is 0 Å². The van der Waals surface area contributed by atoms with Crippen molar-refractivity contribution in [3.63, 3.8) is 0 Å². The Morgan fingerprint density at radius 3 is 2.29 bits per heavy atom. The van der Waals surface area contributed by atoms with Crippen LogP contribution in [-0.4, -0.2) is 25.8 Å². The van der Waals surface area contributed by atoms with Crippen molar-refractivity contribution in [2.75, 3.05) is 19.8 Å². The maximum atomic E-state index is 5.44. The van der Waals surface area contributed by atoms with Crippen molar-refractivity contribution in [1.29, 1.82) is 0 Å². The van der Waals surface area contributed by atoms with Gasteiger partial charge in [-0.2, -0.15) is 0 Å². The molecule has 1 rings (SSSR count). The van der Waals surface area contributed by atoms with Crippen molar-refractivity contribution in [3.05, 3.63) is 35.4 Å². The normalized spacial score (nSPS) is 13.4. The standard InChI is InChI=1S/C19H33NO/c1-6-20-18(9-8-14-21-7-2)15-16-10-12-17(13-11-16)19(3,4)5/h10-13,18,20H,6-9,14-15H2,1-5H3. The molecule has 2 nitrogen and oxygen atoms in total. The molecule has 0 aromatic heterocycles. The molecule has 0 aliphatic carbocycles. The van der Waals surface area contributed by atoms with E-state index in [-0.39, 0.29) is 5.41 Å². The van der Waals surface area contributed by atoms with Crippen LogP contribution in [0, 0.1) is 0 Å². The first-order valence-corrected chi connectivity index (χ1v) is 8.38. The van der Waals surface area contributed by atoms with E-state index in [4.69, 9.17) is 4.74 Å². The maximum absolute atomic E-state index is 5.44. The Hall–Kier alpha value is -0.860. The Balaban J connectivity index is 2.54. The summed E-state index contributed by atoms with van der Waals surface area (Å²) in [7, 11) is 0. The van der Waals surface area contributed by atoms with Gasteiger partial charge in [-0.15, -0.1) is 0 Å². The molecule has 1 aromatic rings. The lowest BCUT2D eigenvalue weighted by atomic mass is 9.86. The zero-order chi connectivity index (χ0) is 15.7. The molecule has 0 saturated heterocycles. The van der Waals surface area contributed by atoms with Crippen LogP contribution in [0.3, 0.4) is 0 Å². The van der Waals surface area contributed by atoms with Crippen LogP contribution in [0.15, 0.2) is 24.3 Å². The monoisotopic (exact) mass is 291 g/mol. The smallest absolute Gasteiger partial charge is 0.0466 e. The second-order valence-corrected chi connectivity index (χ2v) is 6.74. The van der Waals surface area contributed by atoms with Crippen LogP contribution < -0.4 is 5.32 Å². The van der Waals surface area contributed by atoms with Gasteiger partial charge in [-0.05, 0) is 49.3 Å². The summed E-state index contributed by atoms with van der Waals surface area (Å²) in [6.07, 6.45) is 3.41. The Morgan fingerprint density at radius 2 is 1.76 bits per heavy atom. The third-order valence-electron chi connectivity index (χ3n) is 3.84. The van der Waals surface area contributed by atoms with Gasteiger partial charge < -0.3 is 10.1 Å². The Morgan fingerprint density at radius 1 is 1.10 bits per heavy atom. The van der Waals surface area contributed by atoms with Crippen molar-refractivity contribution >= 4 is 0 Å². The lowest BCUT2D eigenvalue weighted by Gasteiger charge is -2.21. The fraction of sp³-hybridized carbons (Fsp3) is 0.684. The van der Waals surface area contributed by atoms with Gasteiger partial charge in [-0.3, -0.25) is 0 Å². The molecule has 120 valence electrons. The molecule has 0 aliphatic rings. The molecule has 0 spiro atoms. The summed E-state index contributed by atoms with van der Waals surface area (Å²) < 4.78 is 5.44. The van der Waals surface area contributed by atoms with Gasteiger partial charge in [0.25, 0.3) is 0 Å². The highest BCUT2D eigenvalue weighted by molar-refractivity contribution is 5.28. The van der Waals surface area contributed by atoms with Crippen LogP contribution in [0.4, 0.5) is 0 Å². The summed E-state index contributed by atoms with van der Waals surface area (Å²) in [5.41, 5.74) is 3.06. The van der Waals surface area contributed by atoms with Gasteiger partial charge >= 0.3 is 0 Å². The van der Waals surface area contributed by atoms with Crippen LogP contribution in [0.1, 0.15) is 58.6 Å². The molecule has 0 aliphatic heterocycles. The number of hydrogen-bond acceptors (Lipinski definition) is 2. The summed E-state index contributed by atoms with van der Waals surface area (Å²) in [6.45, 7) is 13.7. The van der Waals surface area contributed by atoms with Gasteiger partial charge in [-0.1, -0.05) is 52.0 Å². The SMILES string of the molecule is CCNC(CCCOCC)Cc1ccc(C(C)(C)C)cc1. The predicted molar refractivity (Wildman–Crippen MR) is 92.0 cm³/mol. The second kappa shape index (κ2) is 9.22. The molecule has 0 saturated carbocycles. The van der Waals surface area contributed by atoms with Gasteiger partial charge in [0.1, 0.15) is 0 Å². The first-order valence-electron chi connectivity index (χ1n) is 8.38. The highest BCUT2D eigenvalue weighted by atomic mass is 16.5. The maximum Gasteiger partial charge on any atom is 0.0466 e. The van der Waals surface area contributed by atoms with E-state index in [9.17, 15) is 0 Å². The van der Waals surface area contributed by atoms with Crippen molar-refractivity contribution < 1.29 is 4.74 Å². The van der Waals surface area contributed by atoms with E-state index in [0.29, 0.717) is 6.04 Å². The fourth-order valence-corrected chi connectivity index (χ4v) is 2.57. The quantitative estimate of drug-likeness (QED) is 0.684. The van der Waals surface area contributed by atoms with E-state index < -0.39 is 0 Å². The summed E-state index contributed by atoms with van der Waals surface area (Å²) >= 11 is 0. The highest BCUT2D eigenvalue weighted by Gasteiger charge is 2.14. The van der Waals surface area contributed by atoms with E-state index in [1.165, 1.54) is 17.5 Å². The molecule has 2 heteroatoms. The molecule has 1 unspecified atom stereocenters. The van der Waals surface area contributed by atoms with Gasteiger partial charge in [0.15, 0.2) is 0 Å². The Labute approximate surface area is 131 Å². The topological polar surface area (TPSA) is 21.3 Å². The molecular weight excluding hydrogens is 258 g/mol. The van der Waals surface area contributed by atoms with Crippen LogP contribution in [-0.2, 0) is 16.6 Å². The second-order valence-electron chi connectivity index (χ2n) is 6.74. The summed E-state index contributed by atoms with van der Waals surface area (Å²) in [5, 5.41) is 3.60. The molecule has 21 heavy (non-hydrogen) atoms. The molecule has 0 heterocycles. The minimum atomic E-state index is 0.233. The molecule has 0 bridgehead atoms. The third-order valence-corrected chi connectivity index (χ3v) is 3.84.